The highest BCUT2D eigenvalue weighted by molar-refractivity contribution is 6.32. The minimum Gasteiger partial charge on any atom is -0.481 e. The first-order valence-corrected chi connectivity index (χ1v) is 4.95. The normalized spacial score (nSPS) is 12.1. The van der Waals surface area contributed by atoms with Gasteiger partial charge >= 0.3 is 5.97 Å². The summed E-state index contributed by atoms with van der Waals surface area (Å²) in [7, 11) is 0. The molecule has 0 amide bonds. The van der Waals surface area contributed by atoms with Gasteiger partial charge < -0.3 is 5.11 Å². The van der Waals surface area contributed by atoms with E-state index in [0.29, 0.717) is 5.56 Å². The zero-order valence-electron chi connectivity index (χ0n) is 8.51. The molecule has 1 atom stereocenters. The average molecular weight is 244 g/mol. The van der Waals surface area contributed by atoms with Crippen LogP contribution in [0.5, 0.6) is 0 Å². The number of carboxylic acid groups (broad SMARTS) is 1. The minimum atomic E-state index is -0.915. The number of hydrogen-bond acceptors (Lipinski definition) is 3. The van der Waals surface area contributed by atoms with Gasteiger partial charge in [0.15, 0.2) is 0 Å². The maximum atomic E-state index is 10.5. The maximum absolute atomic E-state index is 10.5. The first-order valence-electron chi connectivity index (χ1n) is 4.57. The molecule has 0 fully saturated rings. The van der Waals surface area contributed by atoms with Crippen LogP contribution in [-0.4, -0.2) is 16.0 Å². The van der Waals surface area contributed by atoms with Crippen LogP contribution in [0.25, 0.3) is 0 Å². The van der Waals surface area contributed by atoms with Crippen LogP contribution in [0.2, 0.25) is 5.02 Å². The highest BCUT2D eigenvalue weighted by Gasteiger charge is 2.16. The van der Waals surface area contributed by atoms with Gasteiger partial charge in [-0.1, -0.05) is 24.6 Å². The van der Waals surface area contributed by atoms with Gasteiger partial charge in [0.2, 0.25) is 0 Å². The Labute approximate surface area is 96.8 Å². The molecule has 0 bridgehead atoms. The predicted octanol–water partition coefficient (Wildman–Crippen LogP) is 2.83. The number of nitro benzene ring substituents is 1. The van der Waals surface area contributed by atoms with Gasteiger partial charge in [-0.2, -0.15) is 0 Å². The Balaban J connectivity index is 2.96. The van der Waals surface area contributed by atoms with E-state index in [0.717, 1.165) is 0 Å². The molecule has 16 heavy (non-hydrogen) atoms. The van der Waals surface area contributed by atoms with Gasteiger partial charge in [0.25, 0.3) is 5.69 Å². The molecule has 0 saturated carbocycles. The van der Waals surface area contributed by atoms with E-state index in [2.05, 4.69) is 0 Å². The van der Waals surface area contributed by atoms with Gasteiger partial charge in [0.1, 0.15) is 5.02 Å². The zero-order chi connectivity index (χ0) is 12.3. The molecular weight excluding hydrogens is 234 g/mol. The number of nitro groups is 1. The SMILES string of the molecule is CC(CC(=O)O)c1ccc([N+](=O)[O-])c(Cl)c1. The van der Waals surface area contributed by atoms with Gasteiger partial charge in [0, 0.05) is 6.07 Å². The first kappa shape index (κ1) is 12.4. The van der Waals surface area contributed by atoms with Crippen LogP contribution in [0.3, 0.4) is 0 Å². The van der Waals surface area contributed by atoms with Gasteiger partial charge in [-0.3, -0.25) is 14.9 Å². The van der Waals surface area contributed by atoms with Crippen molar-refractivity contribution >= 4 is 23.3 Å². The molecule has 1 unspecified atom stereocenters. The van der Waals surface area contributed by atoms with Crippen LogP contribution in [0.1, 0.15) is 24.8 Å². The molecule has 0 saturated heterocycles. The van der Waals surface area contributed by atoms with Gasteiger partial charge in [-0.25, -0.2) is 0 Å². The summed E-state index contributed by atoms with van der Waals surface area (Å²) in [5, 5.41) is 19.2. The molecule has 0 aromatic heterocycles. The number of carbonyl (C=O) groups is 1. The Kier molecular flexibility index (Phi) is 3.84. The van der Waals surface area contributed by atoms with E-state index in [-0.39, 0.29) is 23.0 Å². The van der Waals surface area contributed by atoms with E-state index in [9.17, 15) is 14.9 Å². The summed E-state index contributed by atoms with van der Waals surface area (Å²) >= 11 is 5.72. The quantitative estimate of drug-likeness (QED) is 0.651. The van der Waals surface area contributed by atoms with Gasteiger partial charge in [-0.05, 0) is 17.5 Å². The molecule has 1 aromatic carbocycles. The number of halogens is 1. The molecule has 1 N–H and O–H groups in total. The summed E-state index contributed by atoms with van der Waals surface area (Å²) in [6.07, 6.45) is -0.0336. The molecule has 1 aromatic rings. The fourth-order valence-electron chi connectivity index (χ4n) is 1.36. The van der Waals surface area contributed by atoms with Crippen molar-refractivity contribution in [3.8, 4) is 0 Å². The highest BCUT2D eigenvalue weighted by atomic mass is 35.5. The zero-order valence-corrected chi connectivity index (χ0v) is 9.27. The summed E-state index contributed by atoms with van der Waals surface area (Å²) in [5.41, 5.74) is 0.506. The van der Waals surface area contributed by atoms with E-state index in [1.54, 1.807) is 6.92 Å². The first-order chi connectivity index (χ1) is 7.41. The van der Waals surface area contributed by atoms with Crippen LogP contribution >= 0.6 is 11.6 Å². The lowest BCUT2D eigenvalue weighted by Crippen LogP contribution is -2.03. The van der Waals surface area contributed by atoms with Crippen molar-refractivity contribution in [3.05, 3.63) is 38.9 Å². The van der Waals surface area contributed by atoms with E-state index in [1.807, 2.05) is 0 Å². The number of rotatable bonds is 4. The van der Waals surface area contributed by atoms with E-state index < -0.39 is 10.9 Å². The molecule has 0 aliphatic rings. The van der Waals surface area contributed by atoms with E-state index in [1.165, 1.54) is 18.2 Å². The highest BCUT2D eigenvalue weighted by Crippen LogP contribution is 2.29. The Morgan fingerprint density at radius 3 is 2.69 bits per heavy atom. The number of carboxylic acids is 1. The van der Waals surface area contributed by atoms with Gasteiger partial charge in [-0.15, -0.1) is 0 Å². The third-order valence-electron chi connectivity index (χ3n) is 2.22. The molecule has 0 aliphatic carbocycles. The Bertz CT molecular complexity index is 433. The van der Waals surface area contributed by atoms with Crippen molar-refractivity contribution in [1.82, 2.24) is 0 Å². The molecular formula is C10H10ClNO4. The van der Waals surface area contributed by atoms with Crippen LogP contribution in [-0.2, 0) is 4.79 Å². The van der Waals surface area contributed by atoms with Crippen molar-refractivity contribution in [1.29, 1.82) is 0 Å². The van der Waals surface area contributed by atoms with Crippen molar-refractivity contribution in [2.24, 2.45) is 0 Å². The monoisotopic (exact) mass is 243 g/mol. The number of aliphatic carboxylic acids is 1. The number of benzene rings is 1. The van der Waals surface area contributed by atoms with Crippen LogP contribution < -0.4 is 0 Å². The van der Waals surface area contributed by atoms with E-state index in [4.69, 9.17) is 16.7 Å². The average Bonchev–Trinajstić information content (AvgIpc) is 2.15. The van der Waals surface area contributed by atoms with Crippen LogP contribution in [0.15, 0.2) is 18.2 Å². The summed E-state index contributed by atoms with van der Waals surface area (Å²) in [4.78, 5) is 20.4. The van der Waals surface area contributed by atoms with Crippen molar-refractivity contribution in [2.75, 3.05) is 0 Å². The van der Waals surface area contributed by atoms with Crippen LogP contribution in [0.4, 0.5) is 5.69 Å². The number of hydrogen-bond donors (Lipinski definition) is 1. The lowest BCUT2D eigenvalue weighted by atomic mass is 9.98. The second-order valence-corrected chi connectivity index (χ2v) is 3.87. The smallest absolute Gasteiger partial charge is 0.303 e. The Morgan fingerprint density at radius 1 is 1.62 bits per heavy atom. The fraction of sp³-hybridized carbons (Fsp3) is 0.300. The summed E-state index contributed by atoms with van der Waals surface area (Å²) in [6.45, 7) is 1.73. The molecule has 0 aliphatic heterocycles. The van der Waals surface area contributed by atoms with Crippen molar-refractivity contribution in [2.45, 2.75) is 19.3 Å². The third-order valence-corrected chi connectivity index (χ3v) is 2.52. The maximum Gasteiger partial charge on any atom is 0.303 e. The Hall–Kier alpha value is -1.62. The largest absolute Gasteiger partial charge is 0.481 e. The Morgan fingerprint density at radius 2 is 2.25 bits per heavy atom. The van der Waals surface area contributed by atoms with Gasteiger partial charge in [0.05, 0.1) is 11.3 Å². The third kappa shape index (κ3) is 2.93. The molecule has 0 spiro atoms. The molecule has 0 radical (unpaired) electrons. The van der Waals surface area contributed by atoms with E-state index >= 15 is 0 Å². The molecule has 1 rings (SSSR count). The lowest BCUT2D eigenvalue weighted by Gasteiger charge is -2.09. The summed E-state index contributed by atoms with van der Waals surface area (Å²) < 4.78 is 0. The minimum absolute atomic E-state index is 0.0275. The van der Waals surface area contributed by atoms with Crippen molar-refractivity contribution < 1.29 is 14.8 Å². The van der Waals surface area contributed by atoms with Crippen molar-refractivity contribution in [3.63, 3.8) is 0 Å². The standard InChI is InChI=1S/C10H10ClNO4/c1-6(4-10(13)14)7-2-3-9(12(15)16)8(11)5-7/h2-3,5-6H,4H2,1H3,(H,13,14). The molecule has 0 heterocycles. The summed E-state index contributed by atoms with van der Waals surface area (Å²) in [5.74, 6) is -1.14. The molecule has 86 valence electrons. The van der Waals surface area contributed by atoms with Crippen LogP contribution in [0, 0.1) is 10.1 Å². The second kappa shape index (κ2) is 4.94. The lowest BCUT2D eigenvalue weighted by molar-refractivity contribution is -0.384. The number of nitrogens with zero attached hydrogens (tertiary/aromatic N) is 1. The fourth-order valence-corrected chi connectivity index (χ4v) is 1.62. The summed E-state index contributed by atoms with van der Waals surface area (Å²) in [6, 6.07) is 4.25. The molecule has 6 heteroatoms. The predicted molar refractivity (Wildman–Crippen MR) is 58.8 cm³/mol. The topological polar surface area (TPSA) is 80.4 Å². The second-order valence-electron chi connectivity index (χ2n) is 3.47. The molecule has 5 nitrogen and oxygen atoms in total.